The summed E-state index contributed by atoms with van der Waals surface area (Å²) in [7, 11) is 0. The van der Waals surface area contributed by atoms with E-state index in [1.54, 1.807) is 12.1 Å². The van der Waals surface area contributed by atoms with Crippen LogP contribution >= 0.6 is 0 Å². The lowest BCUT2D eigenvalue weighted by molar-refractivity contribution is 0.243. The largest absolute Gasteiger partial charge is 0.395 e. The molecule has 2 atom stereocenters. The Hall–Kier alpha value is -2.45. The van der Waals surface area contributed by atoms with Gasteiger partial charge in [0.2, 0.25) is 0 Å². The van der Waals surface area contributed by atoms with Crippen molar-refractivity contribution in [1.29, 1.82) is 0 Å². The lowest BCUT2D eigenvalue weighted by Crippen LogP contribution is -2.27. The molecule has 1 saturated carbocycles. The first-order valence-electron chi connectivity index (χ1n) is 8.21. The van der Waals surface area contributed by atoms with Gasteiger partial charge in [-0.25, -0.2) is 4.39 Å². The minimum atomic E-state index is -0.413. The van der Waals surface area contributed by atoms with Crippen LogP contribution in [0.25, 0.3) is 0 Å². The van der Waals surface area contributed by atoms with Crippen LogP contribution in [0, 0.1) is 5.82 Å². The Kier molecular flexibility index (Phi) is 3.50. The molecule has 0 aromatic heterocycles. The van der Waals surface area contributed by atoms with Gasteiger partial charge in [-0.15, -0.1) is 0 Å². The summed E-state index contributed by atoms with van der Waals surface area (Å²) in [5.74, 6) is -0.241. The smallest absolute Gasteiger partial charge is 0.123 e. The summed E-state index contributed by atoms with van der Waals surface area (Å²) >= 11 is 0. The van der Waals surface area contributed by atoms with Crippen molar-refractivity contribution in [2.45, 2.75) is 17.3 Å². The van der Waals surface area contributed by atoms with Gasteiger partial charge in [0, 0.05) is 10.8 Å². The van der Waals surface area contributed by atoms with Gasteiger partial charge < -0.3 is 5.11 Å². The molecule has 3 aromatic rings. The molecule has 1 aliphatic carbocycles. The fourth-order valence-corrected chi connectivity index (χ4v) is 4.20. The SMILES string of the molecule is OC[C@@]1(c2ccccc2)C[C@@]1(c1ccccc1)c1cccc(F)c1. The summed E-state index contributed by atoms with van der Waals surface area (Å²) in [5.41, 5.74) is 2.33. The maximum absolute atomic E-state index is 13.9. The fraction of sp³-hybridized carbons (Fsp3) is 0.182. The van der Waals surface area contributed by atoms with E-state index in [9.17, 15) is 9.50 Å². The van der Waals surface area contributed by atoms with Crippen LogP contribution in [0.5, 0.6) is 0 Å². The van der Waals surface area contributed by atoms with Crippen molar-refractivity contribution in [3.8, 4) is 0 Å². The van der Waals surface area contributed by atoms with E-state index in [1.807, 2.05) is 42.5 Å². The van der Waals surface area contributed by atoms with E-state index in [4.69, 9.17) is 0 Å². The maximum atomic E-state index is 13.9. The lowest BCUT2D eigenvalue weighted by atomic mass is 9.77. The van der Waals surface area contributed by atoms with Crippen LogP contribution in [0.1, 0.15) is 23.1 Å². The van der Waals surface area contributed by atoms with Crippen LogP contribution in [-0.2, 0) is 10.8 Å². The van der Waals surface area contributed by atoms with E-state index in [1.165, 1.54) is 6.07 Å². The highest BCUT2D eigenvalue weighted by atomic mass is 19.1. The molecule has 3 aromatic carbocycles. The lowest BCUT2D eigenvalue weighted by Gasteiger charge is -2.26. The van der Waals surface area contributed by atoms with Crippen molar-refractivity contribution in [3.05, 3.63) is 107 Å². The Labute approximate surface area is 141 Å². The van der Waals surface area contributed by atoms with E-state index in [0.717, 1.165) is 23.1 Å². The van der Waals surface area contributed by atoms with Gasteiger partial charge in [-0.2, -0.15) is 0 Å². The van der Waals surface area contributed by atoms with Gasteiger partial charge in [-0.3, -0.25) is 0 Å². The number of hydrogen-bond donors (Lipinski definition) is 1. The van der Waals surface area contributed by atoms with E-state index in [-0.39, 0.29) is 12.4 Å². The molecule has 120 valence electrons. The van der Waals surface area contributed by atoms with Gasteiger partial charge in [0.05, 0.1) is 6.61 Å². The third-order valence-corrected chi connectivity index (χ3v) is 5.44. The third kappa shape index (κ3) is 2.03. The summed E-state index contributed by atoms with van der Waals surface area (Å²) < 4.78 is 13.9. The molecule has 0 aliphatic heterocycles. The summed E-state index contributed by atoms with van der Waals surface area (Å²) in [5, 5.41) is 10.3. The van der Waals surface area contributed by atoms with Crippen LogP contribution in [0.2, 0.25) is 0 Å². The molecular weight excluding hydrogens is 299 g/mol. The summed E-state index contributed by atoms with van der Waals surface area (Å²) in [4.78, 5) is 0. The van der Waals surface area contributed by atoms with Gasteiger partial charge >= 0.3 is 0 Å². The Bertz CT molecular complexity index is 846. The van der Waals surface area contributed by atoms with Gasteiger partial charge in [0.25, 0.3) is 0 Å². The number of rotatable bonds is 4. The van der Waals surface area contributed by atoms with Crippen LogP contribution in [0.3, 0.4) is 0 Å². The number of benzene rings is 3. The summed E-state index contributed by atoms with van der Waals surface area (Å²) in [6, 6.07) is 27.0. The molecule has 4 rings (SSSR count). The predicted octanol–water partition coefficient (Wildman–Crippen LogP) is 4.45. The minimum Gasteiger partial charge on any atom is -0.395 e. The van der Waals surface area contributed by atoms with E-state index in [0.29, 0.717) is 0 Å². The number of hydrogen-bond acceptors (Lipinski definition) is 1. The van der Waals surface area contributed by atoms with E-state index < -0.39 is 10.8 Å². The Morgan fingerprint density at radius 2 is 1.33 bits per heavy atom. The Morgan fingerprint density at radius 3 is 1.92 bits per heavy atom. The van der Waals surface area contributed by atoms with Gasteiger partial charge in [0.1, 0.15) is 5.82 Å². The molecule has 1 fully saturated rings. The average Bonchev–Trinajstić information content (AvgIpc) is 3.35. The van der Waals surface area contributed by atoms with Crippen LogP contribution in [0.4, 0.5) is 4.39 Å². The fourth-order valence-electron chi connectivity index (χ4n) is 4.20. The maximum Gasteiger partial charge on any atom is 0.123 e. The number of aliphatic hydroxyl groups is 1. The Balaban J connectivity index is 1.95. The molecule has 1 nitrogen and oxygen atoms in total. The monoisotopic (exact) mass is 318 g/mol. The average molecular weight is 318 g/mol. The topological polar surface area (TPSA) is 20.2 Å². The zero-order valence-corrected chi connectivity index (χ0v) is 13.3. The second kappa shape index (κ2) is 5.57. The molecule has 1 aliphatic rings. The highest BCUT2D eigenvalue weighted by Crippen LogP contribution is 2.68. The van der Waals surface area contributed by atoms with Gasteiger partial charge in [-0.1, -0.05) is 72.8 Å². The first-order valence-corrected chi connectivity index (χ1v) is 8.21. The van der Waals surface area contributed by atoms with Crippen molar-refractivity contribution < 1.29 is 9.50 Å². The quantitative estimate of drug-likeness (QED) is 0.754. The zero-order valence-electron chi connectivity index (χ0n) is 13.3. The molecular formula is C22H19FO. The molecule has 0 bridgehead atoms. The van der Waals surface area contributed by atoms with Crippen molar-refractivity contribution >= 4 is 0 Å². The molecule has 0 spiro atoms. The first-order chi connectivity index (χ1) is 11.7. The van der Waals surface area contributed by atoms with Crippen molar-refractivity contribution in [2.24, 2.45) is 0 Å². The highest BCUT2D eigenvalue weighted by molar-refractivity contribution is 5.58. The first kappa shape index (κ1) is 15.1. The third-order valence-electron chi connectivity index (χ3n) is 5.44. The molecule has 1 N–H and O–H groups in total. The van der Waals surface area contributed by atoms with Crippen LogP contribution in [0.15, 0.2) is 84.9 Å². The van der Waals surface area contributed by atoms with Crippen molar-refractivity contribution in [2.75, 3.05) is 6.61 Å². The second-order valence-corrected chi connectivity index (χ2v) is 6.56. The minimum absolute atomic E-state index is 0.0302. The Morgan fingerprint density at radius 1 is 0.750 bits per heavy atom. The van der Waals surface area contributed by atoms with Crippen LogP contribution in [-0.4, -0.2) is 11.7 Å². The van der Waals surface area contributed by atoms with Gasteiger partial charge in [0.15, 0.2) is 0 Å². The number of aliphatic hydroxyl groups excluding tert-OH is 1. The predicted molar refractivity (Wildman–Crippen MR) is 93.4 cm³/mol. The molecule has 2 heteroatoms. The molecule has 24 heavy (non-hydrogen) atoms. The zero-order chi connectivity index (χ0) is 16.6. The summed E-state index contributed by atoms with van der Waals surface area (Å²) in [6.45, 7) is 0.0302. The molecule has 0 saturated heterocycles. The molecule has 0 heterocycles. The highest BCUT2D eigenvalue weighted by Gasteiger charge is 2.69. The second-order valence-electron chi connectivity index (χ2n) is 6.56. The van der Waals surface area contributed by atoms with Crippen molar-refractivity contribution in [3.63, 3.8) is 0 Å². The normalized spacial score (nSPS) is 25.4. The van der Waals surface area contributed by atoms with E-state index >= 15 is 0 Å². The van der Waals surface area contributed by atoms with Gasteiger partial charge in [-0.05, 0) is 35.2 Å². The standard InChI is InChI=1S/C22H19FO/c23-20-13-7-12-19(14-20)22(18-10-5-2-6-11-18)15-21(22,16-24)17-8-3-1-4-9-17/h1-14,24H,15-16H2/t21-,22-/m1/s1. The summed E-state index contributed by atoms with van der Waals surface area (Å²) in [6.07, 6.45) is 0.772. The van der Waals surface area contributed by atoms with Crippen LogP contribution < -0.4 is 0 Å². The van der Waals surface area contributed by atoms with Crippen molar-refractivity contribution in [1.82, 2.24) is 0 Å². The molecule has 0 unspecified atom stereocenters. The molecule has 0 amide bonds. The van der Waals surface area contributed by atoms with E-state index in [2.05, 4.69) is 24.3 Å². The number of halogens is 1. The molecule has 0 radical (unpaired) electrons.